The van der Waals surface area contributed by atoms with Crippen molar-refractivity contribution in [2.24, 2.45) is 0 Å². The van der Waals surface area contributed by atoms with Gasteiger partial charge in [-0.3, -0.25) is 0 Å². The first-order valence-electron chi connectivity index (χ1n) is 7.09. The fraction of sp³-hybridized carbons (Fsp3) is 0.533. The Bertz CT molecular complexity index is 502. The van der Waals surface area contributed by atoms with Gasteiger partial charge >= 0.3 is 6.03 Å². The average molecular weight is 296 g/mol. The van der Waals surface area contributed by atoms with E-state index in [0.717, 1.165) is 25.7 Å². The number of aliphatic hydroxyl groups is 1. The van der Waals surface area contributed by atoms with Crippen LogP contribution in [0.2, 0.25) is 0 Å². The van der Waals surface area contributed by atoms with Crippen molar-refractivity contribution in [3.05, 3.63) is 29.6 Å². The lowest BCUT2D eigenvalue weighted by molar-refractivity contribution is 0.0501. The summed E-state index contributed by atoms with van der Waals surface area (Å²) in [5.74, 6) is -0.288. The van der Waals surface area contributed by atoms with Gasteiger partial charge < -0.3 is 20.5 Å². The van der Waals surface area contributed by atoms with Crippen LogP contribution >= 0.6 is 0 Å². The van der Waals surface area contributed by atoms with Crippen LogP contribution in [0.3, 0.4) is 0 Å². The first-order chi connectivity index (χ1) is 10.0. The lowest BCUT2D eigenvalue weighted by atomic mass is 10.0. The van der Waals surface area contributed by atoms with Crippen LogP contribution in [0, 0.1) is 5.82 Å². The molecular formula is C15H21FN2O3. The lowest BCUT2D eigenvalue weighted by Gasteiger charge is -2.22. The summed E-state index contributed by atoms with van der Waals surface area (Å²) in [6, 6.07) is 4.16. The Kier molecular flexibility index (Phi) is 5.01. The molecular weight excluding hydrogens is 275 g/mol. The number of nitrogens with one attached hydrogen (secondary N) is 2. The van der Waals surface area contributed by atoms with Crippen LogP contribution in [-0.2, 0) is 6.54 Å². The minimum atomic E-state index is -0.774. The molecule has 2 amide bonds. The first-order valence-corrected chi connectivity index (χ1v) is 7.09. The summed E-state index contributed by atoms with van der Waals surface area (Å²) in [6.45, 7) is 0.459. The Hall–Kier alpha value is -1.82. The number of carbonyl (C=O) groups excluding carboxylic acids is 1. The van der Waals surface area contributed by atoms with E-state index >= 15 is 0 Å². The number of amides is 2. The summed E-state index contributed by atoms with van der Waals surface area (Å²) in [5.41, 5.74) is -0.133. The molecule has 1 aliphatic carbocycles. The molecule has 0 heterocycles. The highest BCUT2D eigenvalue weighted by atomic mass is 19.1. The van der Waals surface area contributed by atoms with E-state index in [9.17, 15) is 14.3 Å². The molecule has 0 aromatic heterocycles. The Labute approximate surface area is 123 Å². The summed E-state index contributed by atoms with van der Waals surface area (Å²) in [4.78, 5) is 11.7. The van der Waals surface area contributed by atoms with Crippen LogP contribution < -0.4 is 15.4 Å². The molecule has 2 rings (SSSR count). The standard InChI is InChI=1S/C15H21FN2O3/c1-21-13-5-4-11(8-12(13)16)9-17-14(19)18-10-15(20)6-2-3-7-15/h4-5,8,20H,2-3,6-7,9-10H2,1H3,(H2,17,18,19). The van der Waals surface area contributed by atoms with Crippen molar-refractivity contribution in [2.75, 3.05) is 13.7 Å². The molecule has 0 unspecified atom stereocenters. The van der Waals surface area contributed by atoms with Crippen LogP contribution in [0.25, 0.3) is 0 Å². The fourth-order valence-corrected chi connectivity index (χ4v) is 2.52. The van der Waals surface area contributed by atoms with E-state index in [1.54, 1.807) is 6.07 Å². The molecule has 0 radical (unpaired) electrons. The molecule has 0 aliphatic heterocycles. The van der Waals surface area contributed by atoms with Gasteiger partial charge in [0.25, 0.3) is 0 Å². The highest BCUT2D eigenvalue weighted by molar-refractivity contribution is 5.73. The van der Waals surface area contributed by atoms with E-state index in [2.05, 4.69) is 10.6 Å². The Morgan fingerprint density at radius 2 is 2.10 bits per heavy atom. The van der Waals surface area contributed by atoms with E-state index in [1.165, 1.54) is 19.2 Å². The molecule has 1 saturated carbocycles. The number of carbonyl (C=O) groups is 1. The Morgan fingerprint density at radius 1 is 1.38 bits per heavy atom. The summed E-state index contributed by atoms with van der Waals surface area (Å²) in [6.07, 6.45) is 3.42. The van der Waals surface area contributed by atoms with Gasteiger partial charge in [0, 0.05) is 13.1 Å². The van der Waals surface area contributed by atoms with Gasteiger partial charge in [0.1, 0.15) is 0 Å². The van der Waals surface area contributed by atoms with Gasteiger partial charge in [0.2, 0.25) is 0 Å². The predicted octanol–water partition coefficient (Wildman–Crippen LogP) is 1.94. The summed E-state index contributed by atoms with van der Waals surface area (Å²) in [5, 5.41) is 15.4. The number of hydrogen-bond acceptors (Lipinski definition) is 3. The molecule has 5 nitrogen and oxygen atoms in total. The lowest BCUT2D eigenvalue weighted by Crippen LogP contribution is -2.44. The van der Waals surface area contributed by atoms with Crippen molar-refractivity contribution >= 4 is 6.03 Å². The molecule has 1 aromatic carbocycles. The third kappa shape index (κ3) is 4.32. The summed E-state index contributed by atoms with van der Waals surface area (Å²) >= 11 is 0. The number of rotatable bonds is 5. The van der Waals surface area contributed by atoms with Crippen molar-refractivity contribution in [3.8, 4) is 5.75 Å². The highest BCUT2D eigenvalue weighted by Crippen LogP contribution is 2.28. The largest absolute Gasteiger partial charge is 0.494 e. The number of hydrogen-bond donors (Lipinski definition) is 3. The van der Waals surface area contributed by atoms with Crippen LogP contribution in [0.4, 0.5) is 9.18 Å². The van der Waals surface area contributed by atoms with Gasteiger partial charge in [-0.1, -0.05) is 18.9 Å². The molecule has 1 aromatic rings. The SMILES string of the molecule is COc1ccc(CNC(=O)NCC2(O)CCCC2)cc1F. The van der Waals surface area contributed by atoms with Gasteiger partial charge in [-0.2, -0.15) is 0 Å². The zero-order valence-corrected chi connectivity index (χ0v) is 12.1. The second-order valence-corrected chi connectivity index (χ2v) is 5.44. The number of halogens is 1. The summed E-state index contributed by atoms with van der Waals surface area (Å²) < 4.78 is 18.3. The minimum absolute atomic E-state index is 0.173. The molecule has 0 spiro atoms. The third-order valence-electron chi connectivity index (χ3n) is 3.78. The summed E-state index contributed by atoms with van der Waals surface area (Å²) in [7, 11) is 1.40. The van der Waals surface area contributed by atoms with Crippen molar-refractivity contribution in [1.29, 1.82) is 0 Å². The molecule has 0 atom stereocenters. The van der Waals surface area contributed by atoms with Crippen molar-refractivity contribution < 1.29 is 19.0 Å². The fourth-order valence-electron chi connectivity index (χ4n) is 2.52. The molecule has 1 fully saturated rings. The van der Waals surface area contributed by atoms with Crippen molar-refractivity contribution in [2.45, 2.75) is 37.8 Å². The molecule has 21 heavy (non-hydrogen) atoms. The maximum atomic E-state index is 13.5. The van der Waals surface area contributed by atoms with Crippen LogP contribution in [0.1, 0.15) is 31.2 Å². The monoisotopic (exact) mass is 296 g/mol. The van der Waals surface area contributed by atoms with Crippen LogP contribution in [0.15, 0.2) is 18.2 Å². The molecule has 3 N–H and O–H groups in total. The smallest absolute Gasteiger partial charge is 0.315 e. The van der Waals surface area contributed by atoms with Crippen molar-refractivity contribution in [1.82, 2.24) is 10.6 Å². The van der Waals surface area contributed by atoms with E-state index in [0.29, 0.717) is 5.56 Å². The Morgan fingerprint density at radius 3 is 2.71 bits per heavy atom. The van der Waals surface area contributed by atoms with Gasteiger partial charge in [-0.05, 0) is 30.5 Å². The van der Waals surface area contributed by atoms with Crippen molar-refractivity contribution in [3.63, 3.8) is 0 Å². The van der Waals surface area contributed by atoms with E-state index in [4.69, 9.17) is 4.74 Å². The van der Waals surface area contributed by atoms with E-state index in [1.807, 2.05) is 0 Å². The molecule has 6 heteroatoms. The third-order valence-corrected chi connectivity index (χ3v) is 3.78. The highest BCUT2D eigenvalue weighted by Gasteiger charge is 2.31. The number of ether oxygens (including phenoxy) is 1. The number of methoxy groups -OCH3 is 1. The quantitative estimate of drug-likeness (QED) is 0.777. The van der Waals surface area contributed by atoms with E-state index < -0.39 is 11.4 Å². The maximum Gasteiger partial charge on any atom is 0.315 e. The normalized spacial score (nSPS) is 16.5. The van der Waals surface area contributed by atoms with Crippen LogP contribution in [0.5, 0.6) is 5.75 Å². The average Bonchev–Trinajstić information content (AvgIpc) is 2.90. The zero-order valence-electron chi connectivity index (χ0n) is 12.1. The van der Waals surface area contributed by atoms with Gasteiger partial charge in [0.05, 0.1) is 12.7 Å². The number of benzene rings is 1. The predicted molar refractivity (Wildman–Crippen MR) is 76.6 cm³/mol. The van der Waals surface area contributed by atoms with Crippen LogP contribution in [-0.4, -0.2) is 30.4 Å². The number of urea groups is 1. The topological polar surface area (TPSA) is 70.6 Å². The maximum absolute atomic E-state index is 13.5. The molecule has 0 bridgehead atoms. The van der Waals surface area contributed by atoms with Gasteiger partial charge in [0.15, 0.2) is 11.6 Å². The zero-order chi connectivity index (χ0) is 15.3. The van der Waals surface area contributed by atoms with E-state index in [-0.39, 0.29) is 24.9 Å². The molecule has 0 saturated heterocycles. The second-order valence-electron chi connectivity index (χ2n) is 5.44. The van der Waals surface area contributed by atoms with Gasteiger partial charge in [-0.15, -0.1) is 0 Å². The minimum Gasteiger partial charge on any atom is -0.494 e. The Balaban J connectivity index is 1.77. The first kappa shape index (κ1) is 15.6. The molecule has 116 valence electrons. The molecule has 1 aliphatic rings. The second kappa shape index (κ2) is 6.76. The van der Waals surface area contributed by atoms with Gasteiger partial charge in [-0.25, -0.2) is 9.18 Å².